The Bertz CT molecular complexity index is 1160. The number of hydrazone groups is 1. The maximum atomic E-state index is 12.2. The van der Waals surface area contributed by atoms with Crippen molar-refractivity contribution < 1.29 is 9.21 Å². The molecule has 1 amide bonds. The molecule has 2 aromatic carbocycles. The summed E-state index contributed by atoms with van der Waals surface area (Å²) in [5, 5.41) is 13.7. The Morgan fingerprint density at radius 2 is 2.00 bits per heavy atom. The molecule has 4 rings (SSSR count). The van der Waals surface area contributed by atoms with E-state index in [4.69, 9.17) is 16.0 Å². The molecule has 9 heteroatoms. The normalized spacial score (nSPS) is 11.1. The number of thioether (sulfide) groups is 1. The van der Waals surface area contributed by atoms with Gasteiger partial charge in [-0.05, 0) is 36.4 Å². The van der Waals surface area contributed by atoms with Gasteiger partial charge < -0.3 is 4.42 Å². The summed E-state index contributed by atoms with van der Waals surface area (Å²) >= 11 is 7.42. The van der Waals surface area contributed by atoms with Crippen molar-refractivity contribution in [3.05, 3.63) is 83.8 Å². The number of furan rings is 1. The maximum absolute atomic E-state index is 12.2. The molecule has 4 aromatic rings. The SMILES string of the molecule is O=C(CSc1nnc(-c2cccc(Cl)c2)n1-c1ccccc1)N/N=C\c1ccco1. The molecule has 2 aromatic heterocycles. The molecule has 150 valence electrons. The molecule has 0 spiro atoms. The molecule has 0 aliphatic rings. The van der Waals surface area contributed by atoms with Gasteiger partial charge in [0.25, 0.3) is 5.91 Å². The van der Waals surface area contributed by atoms with Crippen LogP contribution >= 0.6 is 23.4 Å². The van der Waals surface area contributed by atoms with Crippen LogP contribution in [0.15, 0.2) is 87.7 Å². The molecule has 0 saturated heterocycles. The first-order valence-corrected chi connectivity index (χ1v) is 10.3. The van der Waals surface area contributed by atoms with Crippen LogP contribution in [0.5, 0.6) is 0 Å². The predicted molar refractivity (Wildman–Crippen MR) is 117 cm³/mol. The molecule has 0 saturated carbocycles. The third-order valence-electron chi connectivity index (χ3n) is 3.99. The summed E-state index contributed by atoms with van der Waals surface area (Å²) < 4.78 is 7.02. The number of nitrogens with one attached hydrogen (secondary N) is 1. The molecule has 0 unspecified atom stereocenters. The van der Waals surface area contributed by atoms with E-state index in [0.717, 1.165) is 11.3 Å². The van der Waals surface area contributed by atoms with E-state index in [1.54, 1.807) is 18.2 Å². The Kier molecular flexibility index (Phi) is 6.26. The lowest BCUT2D eigenvalue weighted by molar-refractivity contribution is -0.118. The minimum absolute atomic E-state index is 0.121. The van der Waals surface area contributed by atoms with E-state index in [0.29, 0.717) is 21.8 Å². The van der Waals surface area contributed by atoms with Gasteiger partial charge in [-0.25, -0.2) is 5.43 Å². The predicted octanol–water partition coefficient (Wildman–Crippen LogP) is 4.42. The second-order valence-electron chi connectivity index (χ2n) is 6.08. The lowest BCUT2D eigenvalue weighted by atomic mass is 10.2. The number of benzene rings is 2. The van der Waals surface area contributed by atoms with Gasteiger partial charge in [-0.15, -0.1) is 10.2 Å². The van der Waals surface area contributed by atoms with Crippen molar-refractivity contribution in [3.63, 3.8) is 0 Å². The summed E-state index contributed by atoms with van der Waals surface area (Å²) in [5.41, 5.74) is 4.19. The smallest absolute Gasteiger partial charge is 0.250 e. The summed E-state index contributed by atoms with van der Waals surface area (Å²) in [6.07, 6.45) is 2.97. The average Bonchev–Trinajstić information content (AvgIpc) is 3.43. The van der Waals surface area contributed by atoms with Gasteiger partial charge in [0.1, 0.15) is 5.76 Å². The van der Waals surface area contributed by atoms with E-state index in [9.17, 15) is 4.79 Å². The van der Waals surface area contributed by atoms with Crippen LogP contribution in [-0.2, 0) is 4.79 Å². The van der Waals surface area contributed by atoms with Crippen molar-refractivity contribution in [1.82, 2.24) is 20.2 Å². The molecule has 0 atom stereocenters. The first-order chi connectivity index (χ1) is 14.7. The van der Waals surface area contributed by atoms with E-state index in [1.807, 2.05) is 53.1 Å². The third-order valence-corrected chi connectivity index (χ3v) is 5.15. The largest absolute Gasteiger partial charge is 0.463 e. The molecular formula is C21H16ClN5O2S. The number of rotatable bonds is 7. The summed E-state index contributed by atoms with van der Waals surface area (Å²) in [6, 6.07) is 20.6. The first kappa shape index (κ1) is 19.9. The highest BCUT2D eigenvalue weighted by molar-refractivity contribution is 7.99. The highest BCUT2D eigenvalue weighted by Crippen LogP contribution is 2.29. The van der Waals surface area contributed by atoms with Crippen LogP contribution in [-0.4, -0.2) is 32.6 Å². The minimum atomic E-state index is -0.269. The second-order valence-corrected chi connectivity index (χ2v) is 7.46. The fourth-order valence-corrected chi connectivity index (χ4v) is 3.62. The van der Waals surface area contributed by atoms with Crippen LogP contribution in [0, 0.1) is 0 Å². The van der Waals surface area contributed by atoms with Crippen molar-refractivity contribution >= 4 is 35.5 Å². The highest BCUT2D eigenvalue weighted by Gasteiger charge is 2.17. The zero-order valence-electron chi connectivity index (χ0n) is 15.6. The van der Waals surface area contributed by atoms with Gasteiger partial charge in [0.05, 0.1) is 18.2 Å². The summed E-state index contributed by atoms with van der Waals surface area (Å²) in [5.74, 6) is 1.05. The number of aromatic nitrogens is 3. The van der Waals surface area contributed by atoms with E-state index in [2.05, 4.69) is 20.7 Å². The Morgan fingerprint density at radius 1 is 1.13 bits per heavy atom. The van der Waals surface area contributed by atoms with Gasteiger partial charge >= 0.3 is 0 Å². The van der Waals surface area contributed by atoms with Crippen LogP contribution in [0.3, 0.4) is 0 Å². The average molecular weight is 438 g/mol. The van der Waals surface area contributed by atoms with Crippen molar-refractivity contribution in [3.8, 4) is 17.1 Å². The standard InChI is InChI=1S/C21H16ClN5O2S/c22-16-7-4-6-15(12-16)20-25-26-21(27(20)17-8-2-1-3-9-17)30-14-19(28)24-23-13-18-10-5-11-29-18/h1-13H,14H2,(H,24,28)/b23-13-. The fraction of sp³-hybridized carbons (Fsp3) is 0.0476. The van der Waals surface area contributed by atoms with Crippen LogP contribution in [0.4, 0.5) is 0 Å². The van der Waals surface area contributed by atoms with Gasteiger partial charge in [-0.3, -0.25) is 9.36 Å². The molecule has 1 N–H and O–H groups in total. The van der Waals surface area contributed by atoms with Crippen molar-refractivity contribution in [2.45, 2.75) is 5.16 Å². The molecule has 0 radical (unpaired) electrons. The van der Waals surface area contributed by atoms with Gasteiger partial charge in [0.2, 0.25) is 0 Å². The van der Waals surface area contributed by atoms with E-state index in [-0.39, 0.29) is 11.7 Å². The molecule has 0 bridgehead atoms. The number of amides is 1. The fourth-order valence-electron chi connectivity index (χ4n) is 2.68. The number of para-hydroxylation sites is 1. The molecule has 30 heavy (non-hydrogen) atoms. The number of carbonyl (C=O) groups excluding carboxylic acids is 1. The van der Waals surface area contributed by atoms with Gasteiger partial charge in [-0.2, -0.15) is 5.10 Å². The summed E-state index contributed by atoms with van der Waals surface area (Å²) in [7, 11) is 0. The quantitative estimate of drug-likeness (QED) is 0.263. The van der Waals surface area contributed by atoms with E-state index < -0.39 is 0 Å². The number of hydrogen-bond donors (Lipinski definition) is 1. The molecule has 0 aliphatic carbocycles. The molecule has 0 aliphatic heterocycles. The maximum Gasteiger partial charge on any atom is 0.250 e. The lowest BCUT2D eigenvalue weighted by Gasteiger charge is -2.10. The second kappa shape index (κ2) is 9.43. The van der Waals surface area contributed by atoms with Crippen LogP contribution < -0.4 is 5.43 Å². The topological polar surface area (TPSA) is 85.3 Å². The first-order valence-electron chi connectivity index (χ1n) is 8.96. The van der Waals surface area contributed by atoms with Crippen LogP contribution in [0.1, 0.15) is 5.76 Å². The molecule has 7 nitrogen and oxygen atoms in total. The van der Waals surface area contributed by atoms with Crippen LogP contribution in [0.25, 0.3) is 17.1 Å². The van der Waals surface area contributed by atoms with Gasteiger partial charge in [0.15, 0.2) is 11.0 Å². The molecule has 2 heterocycles. The van der Waals surface area contributed by atoms with E-state index in [1.165, 1.54) is 24.2 Å². The van der Waals surface area contributed by atoms with Gasteiger partial charge in [-0.1, -0.05) is 53.7 Å². The molecule has 0 fully saturated rings. The van der Waals surface area contributed by atoms with Crippen molar-refractivity contribution in [1.29, 1.82) is 0 Å². The number of nitrogens with zero attached hydrogens (tertiary/aromatic N) is 4. The third kappa shape index (κ3) is 4.79. The Labute approximate surface area is 181 Å². The van der Waals surface area contributed by atoms with Crippen LogP contribution in [0.2, 0.25) is 5.02 Å². The lowest BCUT2D eigenvalue weighted by Crippen LogP contribution is -2.19. The number of hydrogen-bond acceptors (Lipinski definition) is 6. The Balaban J connectivity index is 1.54. The zero-order valence-corrected chi connectivity index (χ0v) is 17.2. The minimum Gasteiger partial charge on any atom is -0.463 e. The van der Waals surface area contributed by atoms with Crippen molar-refractivity contribution in [2.75, 3.05) is 5.75 Å². The zero-order chi connectivity index (χ0) is 20.8. The number of carbonyl (C=O) groups is 1. The summed E-state index contributed by atoms with van der Waals surface area (Å²) in [4.78, 5) is 12.2. The monoisotopic (exact) mass is 437 g/mol. The summed E-state index contributed by atoms with van der Waals surface area (Å²) in [6.45, 7) is 0. The van der Waals surface area contributed by atoms with Gasteiger partial charge in [0, 0.05) is 16.3 Å². The Morgan fingerprint density at radius 3 is 2.77 bits per heavy atom. The van der Waals surface area contributed by atoms with Crippen molar-refractivity contribution in [2.24, 2.45) is 5.10 Å². The van der Waals surface area contributed by atoms with E-state index >= 15 is 0 Å². The highest BCUT2D eigenvalue weighted by atomic mass is 35.5. The Hall–Kier alpha value is -3.36. The number of halogens is 1. The molecular weight excluding hydrogens is 422 g/mol.